The van der Waals surface area contributed by atoms with Gasteiger partial charge < -0.3 is 15.1 Å². The fourth-order valence-corrected chi connectivity index (χ4v) is 2.33. The fourth-order valence-electron chi connectivity index (χ4n) is 2.33. The molecule has 6 heteroatoms. The van der Waals surface area contributed by atoms with E-state index in [0.29, 0.717) is 11.1 Å². The number of amides is 1. The first-order chi connectivity index (χ1) is 9.33. The SMILES string of the molecule is Cc1cc(F)ccc1C(=O)N1CCC(O)(C(=O)O)CC1. The third-order valence-electron chi connectivity index (χ3n) is 3.69. The van der Waals surface area contributed by atoms with Crippen LogP contribution in [0.5, 0.6) is 0 Å². The zero-order valence-corrected chi connectivity index (χ0v) is 11.1. The van der Waals surface area contributed by atoms with Crippen molar-refractivity contribution in [2.24, 2.45) is 0 Å². The van der Waals surface area contributed by atoms with Gasteiger partial charge in [-0.2, -0.15) is 0 Å². The van der Waals surface area contributed by atoms with Crippen molar-refractivity contribution in [2.75, 3.05) is 13.1 Å². The van der Waals surface area contributed by atoms with Crippen LogP contribution >= 0.6 is 0 Å². The molecule has 0 aliphatic carbocycles. The molecule has 1 saturated heterocycles. The number of carboxylic acids is 1. The van der Waals surface area contributed by atoms with Crippen LogP contribution in [-0.4, -0.2) is 45.7 Å². The van der Waals surface area contributed by atoms with Gasteiger partial charge in [0, 0.05) is 31.5 Å². The Hall–Kier alpha value is -1.95. The van der Waals surface area contributed by atoms with E-state index >= 15 is 0 Å². The molecule has 1 aliphatic rings. The van der Waals surface area contributed by atoms with Gasteiger partial charge in [-0.05, 0) is 30.7 Å². The summed E-state index contributed by atoms with van der Waals surface area (Å²) in [5.41, 5.74) is -0.824. The maximum atomic E-state index is 13.0. The Bertz CT molecular complexity index is 550. The molecule has 0 aromatic heterocycles. The number of hydrogen-bond acceptors (Lipinski definition) is 3. The topological polar surface area (TPSA) is 77.8 Å². The molecule has 20 heavy (non-hydrogen) atoms. The number of carboxylic acid groups (broad SMARTS) is 1. The van der Waals surface area contributed by atoms with Crippen LogP contribution in [0.3, 0.4) is 0 Å². The summed E-state index contributed by atoms with van der Waals surface area (Å²) in [6.07, 6.45) is -0.0113. The van der Waals surface area contributed by atoms with Gasteiger partial charge in [-0.25, -0.2) is 9.18 Å². The summed E-state index contributed by atoms with van der Waals surface area (Å²) in [5.74, 6) is -1.93. The van der Waals surface area contributed by atoms with Gasteiger partial charge in [-0.3, -0.25) is 4.79 Å². The van der Waals surface area contributed by atoms with Crippen molar-refractivity contribution < 1.29 is 24.2 Å². The number of halogens is 1. The Labute approximate surface area is 115 Å². The molecule has 1 amide bonds. The predicted octanol–water partition coefficient (Wildman–Crippen LogP) is 1.19. The van der Waals surface area contributed by atoms with Crippen LogP contribution in [0.1, 0.15) is 28.8 Å². The number of hydrogen-bond donors (Lipinski definition) is 2. The van der Waals surface area contributed by atoms with E-state index in [1.165, 1.54) is 23.1 Å². The van der Waals surface area contributed by atoms with Crippen LogP contribution in [0.2, 0.25) is 0 Å². The molecule has 108 valence electrons. The Morgan fingerprint density at radius 2 is 1.90 bits per heavy atom. The molecule has 2 N–H and O–H groups in total. The van der Waals surface area contributed by atoms with Crippen LogP contribution < -0.4 is 0 Å². The van der Waals surface area contributed by atoms with E-state index in [-0.39, 0.29) is 31.8 Å². The van der Waals surface area contributed by atoms with Gasteiger partial charge in [0.2, 0.25) is 0 Å². The molecular weight excluding hydrogens is 265 g/mol. The summed E-state index contributed by atoms with van der Waals surface area (Å²) in [5, 5.41) is 18.7. The van der Waals surface area contributed by atoms with Crippen molar-refractivity contribution in [3.8, 4) is 0 Å². The van der Waals surface area contributed by atoms with E-state index in [4.69, 9.17) is 5.11 Å². The lowest BCUT2D eigenvalue weighted by Crippen LogP contribution is -2.50. The Morgan fingerprint density at radius 3 is 2.40 bits per heavy atom. The van der Waals surface area contributed by atoms with Gasteiger partial charge in [0.05, 0.1) is 0 Å². The number of carbonyl (C=O) groups excluding carboxylic acids is 1. The highest BCUT2D eigenvalue weighted by Gasteiger charge is 2.40. The summed E-state index contributed by atoms with van der Waals surface area (Å²) in [6, 6.07) is 3.92. The number of likely N-dealkylation sites (tertiary alicyclic amines) is 1. The van der Waals surface area contributed by atoms with E-state index in [9.17, 15) is 19.1 Å². The maximum absolute atomic E-state index is 13.0. The van der Waals surface area contributed by atoms with Crippen LogP contribution in [0.15, 0.2) is 18.2 Å². The largest absolute Gasteiger partial charge is 0.479 e. The quantitative estimate of drug-likeness (QED) is 0.853. The second kappa shape index (κ2) is 5.20. The summed E-state index contributed by atoms with van der Waals surface area (Å²) in [7, 11) is 0. The van der Waals surface area contributed by atoms with E-state index in [0.717, 1.165) is 0 Å². The Kier molecular flexibility index (Phi) is 3.76. The van der Waals surface area contributed by atoms with Crippen LogP contribution in [0.25, 0.3) is 0 Å². The Balaban J connectivity index is 2.11. The average molecular weight is 281 g/mol. The molecule has 1 aromatic rings. The molecule has 1 heterocycles. The van der Waals surface area contributed by atoms with E-state index in [1.807, 2.05) is 0 Å². The normalized spacial score (nSPS) is 17.9. The van der Waals surface area contributed by atoms with Crippen molar-refractivity contribution in [3.63, 3.8) is 0 Å². The minimum absolute atomic E-state index is 0.00564. The molecule has 0 spiro atoms. The highest BCUT2D eigenvalue weighted by molar-refractivity contribution is 5.95. The number of rotatable bonds is 2. The highest BCUT2D eigenvalue weighted by Crippen LogP contribution is 2.24. The highest BCUT2D eigenvalue weighted by atomic mass is 19.1. The lowest BCUT2D eigenvalue weighted by molar-refractivity contribution is -0.162. The monoisotopic (exact) mass is 281 g/mol. The number of aliphatic hydroxyl groups is 1. The minimum Gasteiger partial charge on any atom is -0.479 e. The molecule has 0 saturated carbocycles. The molecule has 0 atom stereocenters. The van der Waals surface area contributed by atoms with Crippen LogP contribution in [0.4, 0.5) is 4.39 Å². The van der Waals surface area contributed by atoms with Gasteiger partial charge in [0.1, 0.15) is 5.82 Å². The van der Waals surface area contributed by atoms with Crippen LogP contribution in [-0.2, 0) is 4.79 Å². The van der Waals surface area contributed by atoms with Gasteiger partial charge in [-0.1, -0.05) is 0 Å². The average Bonchev–Trinajstić information content (AvgIpc) is 2.38. The molecule has 1 aliphatic heterocycles. The van der Waals surface area contributed by atoms with Gasteiger partial charge in [-0.15, -0.1) is 0 Å². The first-order valence-corrected chi connectivity index (χ1v) is 6.35. The maximum Gasteiger partial charge on any atom is 0.335 e. The lowest BCUT2D eigenvalue weighted by atomic mass is 9.91. The number of aryl methyl sites for hydroxylation is 1. The standard InChI is InChI=1S/C14H16FNO4/c1-9-8-10(15)2-3-11(9)12(17)16-6-4-14(20,5-7-16)13(18)19/h2-3,8,20H,4-7H2,1H3,(H,18,19). The summed E-state index contributed by atoms with van der Waals surface area (Å²) in [4.78, 5) is 24.7. The van der Waals surface area contributed by atoms with Gasteiger partial charge in [0.25, 0.3) is 5.91 Å². The van der Waals surface area contributed by atoms with Crippen molar-refractivity contribution in [2.45, 2.75) is 25.4 Å². The molecule has 2 rings (SSSR count). The summed E-state index contributed by atoms with van der Waals surface area (Å²) >= 11 is 0. The third-order valence-corrected chi connectivity index (χ3v) is 3.69. The second-order valence-electron chi connectivity index (χ2n) is 5.09. The number of aliphatic carboxylic acids is 1. The Morgan fingerprint density at radius 1 is 1.30 bits per heavy atom. The molecule has 1 aromatic carbocycles. The number of piperidine rings is 1. The minimum atomic E-state index is -1.76. The number of benzene rings is 1. The molecule has 0 radical (unpaired) electrons. The smallest absolute Gasteiger partial charge is 0.335 e. The van der Waals surface area contributed by atoms with Gasteiger partial charge >= 0.3 is 5.97 Å². The molecular formula is C14H16FNO4. The predicted molar refractivity (Wildman–Crippen MR) is 68.9 cm³/mol. The van der Waals surface area contributed by atoms with Crippen molar-refractivity contribution >= 4 is 11.9 Å². The summed E-state index contributed by atoms with van der Waals surface area (Å²) in [6.45, 7) is 1.98. The van der Waals surface area contributed by atoms with Gasteiger partial charge in [0.15, 0.2) is 5.60 Å². The first-order valence-electron chi connectivity index (χ1n) is 6.35. The molecule has 0 unspecified atom stereocenters. The summed E-state index contributed by atoms with van der Waals surface area (Å²) < 4.78 is 13.0. The van der Waals surface area contributed by atoms with E-state index < -0.39 is 17.4 Å². The third kappa shape index (κ3) is 2.65. The molecule has 1 fully saturated rings. The second-order valence-corrected chi connectivity index (χ2v) is 5.09. The number of carbonyl (C=O) groups is 2. The van der Waals surface area contributed by atoms with Crippen molar-refractivity contribution in [1.29, 1.82) is 0 Å². The molecule has 0 bridgehead atoms. The lowest BCUT2D eigenvalue weighted by Gasteiger charge is -2.35. The fraction of sp³-hybridized carbons (Fsp3) is 0.429. The zero-order chi connectivity index (χ0) is 14.9. The number of nitrogens with zero attached hydrogens (tertiary/aromatic N) is 1. The van der Waals surface area contributed by atoms with Crippen molar-refractivity contribution in [3.05, 3.63) is 35.1 Å². The van der Waals surface area contributed by atoms with E-state index in [2.05, 4.69) is 0 Å². The first kappa shape index (κ1) is 14.5. The zero-order valence-electron chi connectivity index (χ0n) is 11.1. The van der Waals surface area contributed by atoms with E-state index in [1.54, 1.807) is 6.92 Å². The molecule has 5 nitrogen and oxygen atoms in total. The van der Waals surface area contributed by atoms with Crippen molar-refractivity contribution in [1.82, 2.24) is 4.90 Å². The van der Waals surface area contributed by atoms with Crippen LogP contribution in [0, 0.1) is 12.7 Å².